The van der Waals surface area contributed by atoms with Gasteiger partial charge in [-0.2, -0.15) is 0 Å². The van der Waals surface area contributed by atoms with Gasteiger partial charge in [-0.1, -0.05) is 11.6 Å². The third-order valence-electron chi connectivity index (χ3n) is 2.25. The van der Waals surface area contributed by atoms with Gasteiger partial charge in [0.25, 0.3) is 10.0 Å². The highest BCUT2D eigenvalue weighted by molar-refractivity contribution is 7.92. The first-order valence-electron chi connectivity index (χ1n) is 5.23. The van der Waals surface area contributed by atoms with E-state index in [-0.39, 0.29) is 21.4 Å². The Kier molecular flexibility index (Phi) is 3.86. The highest BCUT2D eigenvalue weighted by Gasteiger charge is 2.18. The maximum absolute atomic E-state index is 12.1. The maximum atomic E-state index is 12.1. The Morgan fingerprint density at radius 2 is 2.00 bits per heavy atom. The molecule has 2 aromatic rings. The molecular weight excluding hydrogens is 306 g/mol. The zero-order valence-electron chi connectivity index (χ0n) is 9.82. The number of aromatic carboxylic acids is 1. The lowest BCUT2D eigenvalue weighted by molar-refractivity contribution is 0.0690. The van der Waals surface area contributed by atoms with Crippen molar-refractivity contribution in [2.24, 2.45) is 0 Å². The van der Waals surface area contributed by atoms with Crippen LogP contribution in [0.1, 0.15) is 10.5 Å². The van der Waals surface area contributed by atoms with Crippen LogP contribution in [0.3, 0.4) is 0 Å². The van der Waals surface area contributed by atoms with E-state index in [1.807, 2.05) is 0 Å². The van der Waals surface area contributed by atoms with Gasteiger partial charge in [0, 0.05) is 6.20 Å². The quantitative estimate of drug-likeness (QED) is 0.830. The number of nitrogens with one attached hydrogen (secondary N) is 1. The van der Waals surface area contributed by atoms with Gasteiger partial charge in [0.2, 0.25) is 0 Å². The minimum atomic E-state index is -3.91. The van der Waals surface area contributed by atoms with Crippen molar-refractivity contribution in [2.45, 2.75) is 4.90 Å². The molecule has 0 unspecified atom stereocenters. The Hall–Kier alpha value is -2.19. The Balaban J connectivity index is 2.29. The van der Waals surface area contributed by atoms with E-state index in [2.05, 4.69) is 14.7 Å². The molecule has 20 heavy (non-hydrogen) atoms. The van der Waals surface area contributed by atoms with Crippen LogP contribution in [0, 0.1) is 0 Å². The molecule has 0 aliphatic carbocycles. The Labute approximate surface area is 119 Å². The van der Waals surface area contributed by atoms with Gasteiger partial charge in [-0.25, -0.2) is 23.2 Å². The number of nitrogens with zero attached hydrogens (tertiary/aromatic N) is 2. The van der Waals surface area contributed by atoms with Crippen molar-refractivity contribution in [1.82, 2.24) is 9.97 Å². The minimum absolute atomic E-state index is 0.120. The fourth-order valence-corrected chi connectivity index (χ4v) is 2.86. The number of pyridine rings is 2. The number of carboxylic acids is 1. The fourth-order valence-electron chi connectivity index (χ4n) is 1.36. The molecule has 0 atom stereocenters. The molecule has 0 amide bonds. The lowest BCUT2D eigenvalue weighted by Gasteiger charge is -2.08. The number of carboxylic acid groups (broad SMARTS) is 1. The third-order valence-corrected chi connectivity index (χ3v) is 4.08. The number of carbonyl (C=O) groups is 1. The highest BCUT2D eigenvalue weighted by atomic mass is 35.5. The molecule has 0 radical (unpaired) electrons. The number of aromatic nitrogens is 2. The van der Waals surface area contributed by atoms with E-state index >= 15 is 0 Å². The van der Waals surface area contributed by atoms with Crippen LogP contribution in [0.15, 0.2) is 41.6 Å². The number of sulfonamides is 1. The van der Waals surface area contributed by atoms with Crippen LogP contribution in [0.5, 0.6) is 0 Å². The lowest BCUT2D eigenvalue weighted by atomic mass is 10.3. The summed E-state index contributed by atoms with van der Waals surface area (Å²) < 4.78 is 26.4. The second-order valence-corrected chi connectivity index (χ2v) is 5.64. The topological polar surface area (TPSA) is 109 Å². The zero-order chi connectivity index (χ0) is 14.8. The first-order valence-corrected chi connectivity index (χ1v) is 7.09. The number of anilines is 1. The van der Waals surface area contributed by atoms with Crippen LogP contribution in [0.4, 0.5) is 5.69 Å². The summed E-state index contributed by atoms with van der Waals surface area (Å²) in [6.07, 6.45) is 2.47. The van der Waals surface area contributed by atoms with Crippen molar-refractivity contribution in [3.05, 3.63) is 47.5 Å². The normalized spacial score (nSPS) is 11.1. The average Bonchev–Trinajstić information content (AvgIpc) is 2.39. The molecule has 0 fully saturated rings. The van der Waals surface area contributed by atoms with Crippen molar-refractivity contribution < 1.29 is 18.3 Å². The van der Waals surface area contributed by atoms with Gasteiger partial charge >= 0.3 is 5.97 Å². The molecule has 0 bridgehead atoms. The third kappa shape index (κ3) is 3.03. The van der Waals surface area contributed by atoms with Crippen molar-refractivity contribution in [2.75, 3.05) is 4.72 Å². The van der Waals surface area contributed by atoms with Gasteiger partial charge < -0.3 is 5.11 Å². The molecule has 9 heteroatoms. The van der Waals surface area contributed by atoms with Crippen molar-refractivity contribution in [3.8, 4) is 0 Å². The summed E-state index contributed by atoms with van der Waals surface area (Å²) in [6.45, 7) is 0. The van der Waals surface area contributed by atoms with Gasteiger partial charge in [-0.3, -0.25) is 4.72 Å². The zero-order valence-corrected chi connectivity index (χ0v) is 11.4. The molecule has 0 aliphatic heterocycles. The number of hydrogen-bond donors (Lipinski definition) is 2. The second kappa shape index (κ2) is 5.43. The second-order valence-electron chi connectivity index (χ2n) is 3.64. The van der Waals surface area contributed by atoms with E-state index in [0.717, 1.165) is 6.20 Å². The SMILES string of the molecule is O=C(O)c1ccc(NS(=O)(=O)c2cccnc2Cl)cn1. The lowest BCUT2D eigenvalue weighted by Crippen LogP contribution is -2.14. The number of rotatable bonds is 4. The smallest absolute Gasteiger partial charge is 0.354 e. The van der Waals surface area contributed by atoms with Crippen LogP contribution in [-0.2, 0) is 10.0 Å². The summed E-state index contributed by atoms with van der Waals surface area (Å²) >= 11 is 5.72. The van der Waals surface area contributed by atoms with Crippen LogP contribution < -0.4 is 4.72 Å². The van der Waals surface area contributed by atoms with Crippen LogP contribution >= 0.6 is 11.6 Å². The molecular formula is C11H8ClN3O4S. The molecule has 0 aromatic carbocycles. The van der Waals surface area contributed by atoms with E-state index in [0.29, 0.717) is 0 Å². The minimum Gasteiger partial charge on any atom is -0.477 e. The van der Waals surface area contributed by atoms with Crippen LogP contribution in [0.2, 0.25) is 5.15 Å². The summed E-state index contributed by atoms with van der Waals surface area (Å²) in [7, 11) is -3.91. The molecule has 0 saturated heterocycles. The first kappa shape index (κ1) is 14.2. The first-order chi connectivity index (χ1) is 9.40. The summed E-state index contributed by atoms with van der Waals surface area (Å²) in [5.41, 5.74) is -0.0673. The van der Waals surface area contributed by atoms with Crippen molar-refractivity contribution in [1.29, 1.82) is 0 Å². The Morgan fingerprint density at radius 3 is 2.55 bits per heavy atom. The average molecular weight is 314 g/mol. The van der Waals surface area contributed by atoms with E-state index in [1.165, 1.54) is 30.5 Å². The Morgan fingerprint density at radius 1 is 1.25 bits per heavy atom. The van der Waals surface area contributed by atoms with E-state index < -0.39 is 16.0 Å². The fraction of sp³-hybridized carbons (Fsp3) is 0. The predicted molar refractivity (Wildman–Crippen MR) is 71.3 cm³/mol. The van der Waals surface area contributed by atoms with E-state index in [9.17, 15) is 13.2 Å². The van der Waals surface area contributed by atoms with E-state index in [4.69, 9.17) is 16.7 Å². The molecule has 0 spiro atoms. The summed E-state index contributed by atoms with van der Waals surface area (Å²) in [4.78, 5) is 17.7. The molecule has 2 rings (SSSR count). The van der Waals surface area contributed by atoms with Gasteiger partial charge in [-0.15, -0.1) is 0 Å². The standard InChI is InChI=1S/C11H8ClN3O4S/c12-10-9(2-1-5-13-10)20(18,19)15-7-3-4-8(11(16)17)14-6-7/h1-6,15H,(H,16,17). The summed E-state index contributed by atoms with van der Waals surface area (Å²) in [6, 6.07) is 5.21. The van der Waals surface area contributed by atoms with E-state index in [1.54, 1.807) is 0 Å². The molecule has 2 aromatic heterocycles. The molecule has 104 valence electrons. The monoisotopic (exact) mass is 313 g/mol. The van der Waals surface area contributed by atoms with Crippen molar-refractivity contribution in [3.63, 3.8) is 0 Å². The molecule has 0 saturated carbocycles. The van der Waals surface area contributed by atoms with Gasteiger partial charge in [0.1, 0.15) is 15.7 Å². The summed E-state index contributed by atoms with van der Waals surface area (Å²) in [5, 5.41) is 8.54. The Bertz CT molecular complexity index is 747. The molecule has 7 nitrogen and oxygen atoms in total. The maximum Gasteiger partial charge on any atom is 0.354 e. The van der Waals surface area contributed by atoms with Crippen LogP contribution in [-0.4, -0.2) is 29.5 Å². The van der Waals surface area contributed by atoms with Gasteiger partial charge in [-0.05, 0) is 24.3 Å². The molecule has 2 heterocycles. The van der Waals surface area contributed by atoms with Gasteiger partial charge in [0.05, 0.1) is 11.9 Å². The van der Waals surface area contributed by atoms with Gasteiger partial charge in [0.15, 0.2) is 0 Å². The molecule has 2 N–H and O–H groups in total. The predicted octanol–water partition coefficient (Wildman–Crippen LogP) is 1.63. The summed E-state index contributed by atoms with van der Waals surface area (Å²) in [5.74, 6) is -1.20. The highest BCUT2D eigenvalue weighted by Crippen LogP contribution is 2.21. The largest absolute Gasteiger partial charge is 0.477 e. The van der Waals surface area contributed by atoms with Crippen LogP contribution in [0.25, 0.3) is 0 Å². The molecule has 0 aliphatic rings. The number of halogens is 1. The van der Waals surface area contributed by atoms with Crippen molar-refractivity contribution >= 4 is 33.3 Å². The number of hydrogen-bond acceptors (Lipinski definition) is 5.